The average molecular weight is 347 g/mol. The fourth-order valence-electron chi connectivity index (χ4n) is 2.37. The lowest BCUT2D eigenvalue weighted by molar-refractivity contribution is -0.274. The molecule has 1 aliphatic rings. The van der Waals surface area contributed by atoms with E-state index in [-0.39, 0.29) is 30.7 Å². The van der Waals surface area contributed by atoms with E-state index in [1.165, 1.54) is 18.2 Å². The van der Waals surface area contributed by atoms with Gasteiger partial charge in [-0.05, 0) is 24.0 Å². The zero-order valence-electron chi connectivity index (χ0n) is 12.5. The molecule has 0 heterocycles. The van der Waals surface area contributed by atoms with Crippen LogP contribution in [0.2, 0.25) is 0 Å². The number of aliphatic carboxylic acids is 1. The van der Waals surface area contributed by atoms with Crippen molar-refractivity contribution >= 4 is 11.9 Å². The van der Waals surface area contributed by atoms with E-state index in [1.54, 1.807) is 6.07 Å². The molecule has 2 atom stereocenters. The zero-order valence-corrected chi connectivity index (χ0v) is 12.5. The molecule has 0 aromatic heterocycles. The van der Waals surface area contributed by atoms with E-state index in [1.807, 2.05) is 0 Å². The molecule has 1 aromatic rings. The molecule has 0 spiro atoms. The average Bonchev–Trinajstić information content (AvgIpc) is 3.25. The van der Waals surface area contributed by atoms with Crippen LogP contribution in [-0.4, -0.2) is 43.1 Å². The molecule has 132 valence electrons. The smallest absolute Gasteiger partial charge is 0.480 e. The summed E-state index contributed by atoms with van der Waals surface area (Å²) >= 11 is 0. The Kier molecular flexibility index (Phi) is 5.66. The minimum Gasteiger partial charge on any atom is -0.480 e. The van der Waals surface area contributed by atoms with Crippen LogP contribution in [0.15, 0.2) is 24.3 Å². The van der Waals surface area contributed by atoms with Crippen LogP contribution in [-0.2, 0) is 14.3 Å². The highest BCUT2D eigenvalue weighted by Crippen LogP contribution is 2.50. The Morgan fingerprint density at radius 2 is 2.00 bits per heavy atom. The molecule has 1 aromatic carbocycles. The summed E-state index contributed by atoms with van der Waals surface area (Å²) in [5.74, 6) is -2.47. The highest BCUT2D eigenvalue weighted by Gasteiger charge is 2.46. The Hall–Kier alpha value is -2.29. The van der Waals surface area contributed by atoms with E-state index in [0.29, 0.717) is 12.0 Å². The third kappa shape index (κ3) is 5.41. The summed E-state index contributed by atoms with van der Waals surface area (Å²) in [6, 6.07) is 5.75. The Morgan fingerprint density at radius 1 is 1.29 bits per heavy atom. The van der Waals surface area contributed by atoms with Crippen LogP contribution in [0, 0.1) is 5.92 Å². The second-order valence-electron chi connectivity index (χ2n) is 5.27. The van der Waals surface area contributed by atoms with Crippen molar-refractivity contribution in [2.45, 2.75) is 18.7 Å². The molecule has 0 aliphatic heterocycles. The molecule has 0 bridgehead atoms. The van der Waals surface area contributed by atoms with E-state index >= 15 is 0 Å². The molecule has 2 unspecified atom stereocenters. The first-order chi connectivity index (χ1) is 11.3. The molecule has 1 aliphatic carbocycles. The van der Waals surface area contributed by atoms with Gasteiger partial charge >= 0.3 is 12.3 Å². The highest BCUT2D eigenvalue weighted by molar-refractivity contribution is 5.83. The number of ether oxygens (including phenoxy) is 2. The van der Waals surface area contributed by atoms with Crippen LogP contribution in [0.4, 0.5) is 13.2 Å². The number of alkyl halides is 3. The zero-order chi connectivity index (χ0) is 17.7. The van der Waals surface area contributed by atoms with Crippen LogP contribution < -0.4 is 10.1 Å². The number of hydrogen-bond acceptors (Lipinski definition) is 4. The van der Waals surface area contributed by atoms with Gasteiger partial charge in [-0.15, -0.1) is 13.2 Å². The maximum Gasteiger partial charge on any atom is 0.573 e. The van der Waals surface area contributed by atoms with Crippen molar-refractivity contribution in [3.05, 3.63) is 29.8 Å². The number of rotatable bonds is 8. The monoisotopic (exact) mass is 347 g/mol. The van der Waals surface area contributed by atoms with Crippen LogP contribution in [0.3, 0.4) is 0 Å². The number of carboxylic acid groups (broad SMARTS) is 1. The number of para-hydroxylation sites is 1. The summed E-state index contributed by atoms with van der Waals surface area (Å²) in [6.07, 6.45) is -4.36. The molecule has 9 heteroatoms. The largest absolute Gasteiger partial charge is 0.573 e. The summed E-state index contributed by atoms with van der Waals surface area (Å²) in [7, 11) is 0. The normalized spacial score (nSPS) is 19.6. The van der Waals surface area contributed by atoms with Gasteiger partial charge in [0.25, 0.3) is 0 Å². The highest BCUT2D eigenvalue weighted by atomic mass is 19.4. The number of halogens is 3. The van der Waals surface area contributed by atoms with E-state index in [2.05, 4.69) is 10.1 Å². The van der Waals surface area contributed by atoms with Crippen molar-refractivity contribution in [3.8, 4) is 5.75 Å². The number of hydrogen-bond donors (Lipinski definition) is 2. The summed E-state index contributed by atoms with van der Waals surface area (Å²) < 4.78 is 46.0. The van der Waals surface area contributed by atoms with E-state index in [0.717, 1.165) is 0 Å². The van der Waals surface area contributed by atoms with E-state index in [4.69, 9.17) is 9.84 Å². The molecule has 2 rings (SSSR count). The van der Waals surface area contributed by atoms with Gasteiger partial charge in [-0.3, -0.25) is 4.79 Å². The molecular weight excluding hydrogens is 331 g/mol. The third-order valence-corrected chi connectivity index (χ3v) is 3.44. The molecule has 0 saturated heterocycles. The molecule has 1 amide bonds. The van der Waals surface area contributed by atoms with Crippen LogP contribution in [0.5, 0.6) is 5.75 Å². The molecule has 1 fully saturated rings. The number of carbonyl (C=O) groups excluding carboxylic acids is 1. The second kappa shape index (κ2) is 7.52. The molecule has 2 N–H and O–H groups in total. The van der Waals surface area contributed by atoms with Gasteiger partial charge in [0.1, 0.15) is 12.4 Å². The SMILES string of the molecule is O=C(O)COCCNC(=O)C1CC1c1ccccc1OC(F)(F)F. The maximum absolute atomic E-state index is 12.4. The lowest BCUT2D eigenvalue weighted by Crippen LogP contribution is -2.29. The minimum absolute atomic E-state index is 0.0448. The van der Waals surface area contributed by atoms with Gasteiger partial charge < -0.3 is 19.9 Å². The first-order valence-electron chi connectivity index (χ1n) is 7.20. The summed E-state index contributed by atoms with van der Waals surface area (Å²) in [6.45, 7) is -0.274. The van der Waals surface area contributed by atoms with Gasteiger partial charge in [0, 0.05) is 12.5 Å². The van der Waals surface area contributed by atoms with Crippen molar-refractivity contribution in [2.75, 3.05) is 19.8 Å². The van der Waals surface area contributed by atoms with Crippen LogP contribution in [0.25, 0.3) is 0 Å². The number of carbonyl (C=O) groups is 2. The van der Waals surface area contributed by atoms with Crippen LogP contribution in [0.1, 0.15) is 17.9 Å². The lowest BCUT2D eigenvalue weighted by Gasteiger charge is -2.13. The molecule has 1 saturated carbocycles. The molecule has 6 nitrogen and oxygen atoms in total. The Bertz CT molecular complexity index is 605. The summed E-state index contributed by atoms with van der Waals surface area (Å²) in [5.41, 5.74) is 0.345. The van der Waals surface area contributed by atoms with E-state index < -0.39 is 24.9 Å². The molecule has 0 radical (unpaired) electrons. The van der Waals surface area contributed by atoms with Gasteiger partial charge in [-0.25, -0.2) is 4.79 Å². The fraction of sp³-hybridized carbons (Fsp3) is 0.467. The quantitative estimate of drug-likeness (QED) is 0.702. The van der Waals surface area contributed by atoms with Gasteiger partial charge in [-0.1, -0.05) is 18.2 Å². The van der Waals surface area contributed by atoms with Crippen molar-refractivity contribution in [1.29, 1.82) is 0 Å². The fourth-order valence-corrected chi connectivity index (χ4v) is 2.37. The first kappa shape index (κ1) is 18.1. The lowest BCUT2D eigenvalue weighted by atomic mass is 10.1. The molecule has 24 heavy (non-hydrogen) atoms. The number of amides is 1. The van der Waals surface area contributed by atoms with Gasteiger partial charge in [0.05, 0.1) is 6.61 Å². The Morgan fingerprint density at radius 3 is 2.67 bits per heavy atom. The second-order valence-corrected chi connectivity index (χ2v) is 5.27. The number of benzene rings is 1. The first-order valence-corrected chi connectivity index (χ1v) is 7.20. The Balaban J connectivity index is 1.84. The van der Waals surface area contributed by atoms with Crippen molar-refractivity contribution in [1.82, 2.24) is 5.32 Å². The summed E-state index contributed by atoms with van der Waals surface area (Å²) in [4.78, 5) is 22.2. The van der Waals surface area contributed by atoms with Gasteiger partial charge in [0.15, 0.2) is 0 Å². The summed E-state index contributed by atoms with van der Waals surface area (Å²) in [5, 5.41) is 10.9. The van der Waals surface area contributed by atoms with Crippen molar-refractivity contribution < 1.29 is 37.3 Å². The Labute approximate surface area is 135 Å². The predicted molar refractivity (Wildman–Crippen MR) is 75.4 cm³/mol. The topological polar surface area (TPSA) is 84.9 Å². The van der Waals surface area contributed by atoms with Gasteiger partial charge in [-0.2, -0.15) is 0 Å². The predicted octanol–water partition coefficient (Wildman–Crippen LogP) is 1.91. The van der Waals surface area contributed by atoms with E-state index in [9.17, 15) is 22.8 Å². The van der Waals surface area contributed by atoms with Crippen LogP contribution >= 0.6 is 0 Å². The standard InChI is InChI=1S/C15H16F3NO5/c16-15(17,18)24-12-4-2-1-3-9(12)10-7-11(10)14(22)19-5-6-23-8-13(20)21/h1-4,10-11H,5-8H2,(H,19,22)(H,20,21). The van der Waals surface area contributed by atoms with Crippen molar-refractivity contribution in [2.24, 2.45) is 5.92 Å². The third-order valence-electron chi connectivity index (χ3n) is 3.44. The number of carboxylic acids is 1. The van der Waals surface area contributed by atoms with Gasteiger partial charge in [0.2, 0.25) is 5.91 Å². The minimum atomic E-state index is -4.79. The van der Waals surface area contributed by atoms with Crippen molar-refractivity contribution in [3.63, 3.8) is 0 Å². The maximum atomic E-state index is 12.4. The molecular formula is C15H16F3NO5. The number of nitrogens with one attached hydrogen (secondary N) is 1.